The van der Waals surface area contributed by atoms with Crippen LogP contribution in [-0.4, -0.2) is 36.3 Å². The highest BCUT2D eigenvalue weighted by atomic mass is 16.1. The Morgan fingerprint density at radius 3 is 2.68 bits per heavy atom. The fraction of sp³-hybridized carbons (Fsp3) is 0.150. The molecule has 0 aliphatic heterocycles. The number of benzene rings is 2. The van der Waals surface area contributed by atoms with Gasteiger partial charge >= 0.3 is 0 Å². The molecule has 0 radical (unpaired) electrons. The Hall–Kier alpha value is -3.81. The Morgan fingerprint density at radius 1 is 1.11 bits per heavy atom. The molecule has 8 heteroatoms. The van der Waals surface area contributed by atoms with Gasteiger partial charge in [0.05, 0.1) is 5.69 Å². The van der Waals surface area contributed by atoms with E-state index in [1.54, 1.807) is 10.7 Å². The summed E-state index contributed by atoms with van der Waals surface area (Å²) < 4.78 is 1.76. The second kappa shape index (κ2) is 7.43. The fourth-order valence-electron chi connectivity index (χ4n) is 2.93. The molecule has 0 saturated heterocycles. The number of rotatable bonds is 5. The van der Waals surface area contributed by atoms with Gasteiger partial charge in [-0.1, -0.05) is 35.0 Å². The zero-order chi connectivity index (χ0) is 19.5. The normalized spacial score (nSPS) is 10.8. The number of hydrogen-bond donors (Lipinski definition) is 2. The summed E-state index contributed by atoms with van der Waals surface area (Å²) in [5, 5.41) is 21.2. The quantitative estimate of drug-likeness (QED) is 0.560. The zero-order valence-electron chi connectivity index (χ0n) is 15.5. The first kappa shape index (κ1) is 17.6. The van der Waals surface area contributed by atoms with Gasteiger partial charge in [-0.2, -0.15) is 10.3 Å². The summed E-state index contributed by atoms with van der Waals surface area (Å²) >= 11 is 0. The second-order valence-electron chi connectivity index (χ2n) is 6.58. The largest absolute Gasteiger partial charge is 0.321 e. The van der Waals surface area contributed by atoms with E-state index in [9.17, 15) is 4.79 Å². The molecule has 140 valence electrons. The summed E-state index contributed by atoms with van der Waals surface area (Å²) in [5.41, 5.74) is 5.01. The van der Waals surface area contributed by atoms with Crippen LogP contribution in [0.1, 0.15) is 33.1 Å². The highest BCUT2D eigenvalue weighted by Crippen LogP contribution is 2.16. The van der Waals surface area contributed by atoms with Crippen LogP contribution in [0.3, 0.4) is 0 Å². The summed E-state index contributed by atoms with van der Waals surface area (Å²) in [5.74, 6) is 0.335. The van der Waals surface area contributed by atoms with E-state index in [1.165, 1.54) is 5.56 Å². The molecule has 8 nitrogen and oxygen atoms in total. The summed E-state index contributed by atoms with van der Waals surface area (Å²) in [6, 6.07) is 17.3. The van der Waals surface area contributed by atoms with E-state index >= 15 is 0 Å². The number of carbonyl (C=O) groups is 1. The molecule has 4 rings (SSSR count). The van der Waals surface area contributed by atoms with Gasteiger partial charge in [-0.25, -0.2) is 4.68 Å². The molecular weight excluding hydrogens is 354 g/mol. The molecule has 2 aromatic heterocycles. The van der Waals surface area contributed by atoms with Gasteiger partial charge in [-0.3, -0.25) is 4.79 Å². The molecular formula is C20H19N7O. The lowest BCUT2D eigenvalue weighted by atomic mass is 10.1. The molecule has 2 aromatic carbocycles. The van der Waals surface area contributed by atoms with Crippen LogP contribution in [-0.2, 0) is 6.42 Å². The number of H-pyrrole nitrogens is 1. The Balaban J connectivity index is 1.51. The van der Waals surface area contributed by atoms with Crippen molar-refractivity contribution in [1.82, 2.24) is 30.4 Å². The maximum atomic E-state index is 12.7. The van der Waals surface area contributed by atoms with Gasteiger partial charge in [0.25, 0.3) is 5.91 Å². The number of hydrogen-bond acceptors (Lipinski definition) is 5. The fourth-order valence-corrected chi connectivity index (χ4v) is 2.93. The van der Waals surface area contributed by atoms with Crippen LogP contribution in [0.4, 0.5) is 5.69 Å². The molecule has 0 spiro atoms. The number of aromatic nitrogens is 6. The lowest BCUT2D eigenvalue weighted by Crippen LogP contribution is -2.13. The molecule has 28 heavy (non-hydrogen) atoms. The minimum atomic E-state index is -0.259. The molecule has 0 unspecified atom stereocenters. The van der Waals surface area contributed by atoms with Gasteiger partial charge in [0, 0.05) is 17.8 Å². The minimum Gasteiger partial charge on any atom is -0.321 e. The maximum absolute atomic E-state index is 12.7. The zero-order valence-corrected chi connectivity index (χ0v) is 15.5. The van der Waals surface area contributed by atoms with E-state index in [1.807, 2.05) is 62.4 Å². The first-order valence-electron chi connectivity index (χ1n) is 8.85. The first-order valence-corrected chi connectivity index (χ1v) is 8.85. The topological polar surface area (TPSA) is 101 Å². The smallest absolute Gasteiger partial charge is 0.276 e. The lowest BCUT2D eigenvalue weighted by Gasteiger charge is -2.06. The highest BCUT2D eigenvalue weighted by molar-refractivity contribution is 6.03. The van der Waals surface area contributed by atoms with Gasteiger partial charge in [0.2, 0.25) is 0 Å². The standard InChI is InChI=1S/C20H19N7O/c1-13-6-8-17(9-7-13)27-14(2)10-18(24-27)20(28)21-16-5-3-4-15(11-16)12-19-22-25-26-23-19/h3-11H,12H2,1-2H3,(H,21,28)(H,22,23,25,26). The van der Waals surface area contributed by atoms with Crippen molar-refractivity contribution in [2.75, 3.05) is 5.32 Å². The van der Waals surface area contributed by atoms with Crippen molar-refractivity contribution >= 4 is 11.6 Å². The molecule has 0 aliphatic rings. The summed E-state index contributed by atoms with van der Waals surface area (Å²) in [6.45, 7) is 3.96. The number of aromatic amines is 1. The number of amides is 1. The average molecular weight is 373 g/mol. The SMILES string of the molecule is Cc1ccc(-n2nc(C(=O)Nc3cccc(Cc4nn[nH]n4)c3)cc2C)cc1. The first-order chi connectivity index (χ1) is 13.6. The molecule has 2 N–H and O–H groups in total. The van der Waals surface area contributed by atoms with Gasteiger partial charge in [-0.15, -0.1) is 10.2 Å². The van der Waals surface area contributed by atoms with Crippen molar-refractivity contribution in [1.29, 1.82) is 0 Å². The van der Waals surface area contributed by atoms with E-state index in [-0.39, 0.29) is 5.91 Å². The van der Waals surface area contributed by atoms with Gasteiger partial charge in [-0.05, 0) is 49.7 Å². The molecule has 0 bridgehead atoms. The Bertz CT molecular complexity index is 1100. The van der Waals surface area contributed by atoms with Crippen molar-refractivity contribution in [3.63, 3.8) is 0 Å². The highest BCUT2D eigenvalue weighted by Gasteiger charge is 2.14. The Kier molecular flexibility index (Phi) is 4.67. The number of carbonyl (C=O) groups excluding carboxylic acids is 1. The molecule has 0 aliphatic carbocycles. The third-order valence-electron chi connectivity index (χ3n) is 4.33. The maximum Gasteiger partial charge on any atom is 0.276 e. The number of anilines is 1. The van der Waals surface area contributed by atoms with Crippen LogP contribution in [0, 0.1) is 13.8 Å². The van der Waals surface area contributed by atoms with Crippen molar-refractivity contribution < 1.29 is 4.79 Å². The van der Waals surface area contributed by atoms with Crippen molar-refractivity contribution in [2.24, 2.45) is 0 Å². The predicted octanol–water partition coefficient (Wildman–Crippen LogP) is 2.85. The monoisotopic (exact) mass is 373 g/mol. The van der Waals surface area contributed by atoms with Crippen molar-refractivity contribution in [3.8, 4) is 5.69 Å². The van der Waals surface area contributed by atoms with E-state index in [0.29, 0.717) is 23.6 Å². The molecule has 0 saturated carbocycles. The number of tetrazole rings is 1. The second-order valence-corrected chi connectivity index (χ2v) is 6.58. The Labute approximate surface area is 161 Å². The summed E-state index contributed by atoms with van der Waals surface area (Å²) in [4.78, 5) is 12.7. The minimum absolute atomic E-state index is 0.259. The van der Waals surface area contributed by atoms with Crippen LogP contribution in [0.15, 0.2) is 54.6 Å². The lowest BCUT2D eigenvalue weighted by molar-refractivity contribution is 0.102. The van der Waals surface area contributed by atoms with Gasteiger partial charge in [0.1, 0.15) is 0 Å². The van der Waals surface area contributed by atoms with Crippen LogP contribution in [0.5, 0.6) is 0 Å². The third-order valence-corrected chi connectivity index (χ3v) is 4.33. The number of aryl methyl sites for hydroxylation is 2. The van der Waals surface area contributed by atoms with Crippen LogP contribution < -0.4 is 5.32 Å². The molecule has 0 fully saturated rings. The summed E-state index contributed by atoms with van der Waals surface area (Å²) in [7, 11) is 0. The third kappa shape index (κ3) is 3.80. The summed E-state index contributed by atoms with van der Waals surface area (Å²) in [6.07, 6.45) is 0.529. The molecule has 4 aromatic rings. The van der Waals surface area contributed by atoms with Gasteiger partial charge in [0.15, 0.2) is 11.5 Å². The van der Waals surface area contributed by atoms with E-state index in [4.69, 9.17) is 0 Å². The number of nitrogens with one attached hydrogen (secondary N) is 2. The van der Waals surface area contributed by atoms with Crippen LogP contribution in [0.2, 0.25) is 0 Å². The van der Waals surface area contributed by atoms with Gasteiger partial charge < -0.3 is 5.32 Å². The Morgan fingerprint density at radius 2 is 1.93 bits per heavy atom. The van der Waals surface area contributed by atoms with Crippen molar-refractivity contribution in [3.05, 3.63) is 82.9 Å². The predicted molar refractivity (Wildman–Crippen MR) is 104 cm³/mol. The molecule has 0 atom stereocenters. The van der Waals surface area contributed by atoms with Crippen LogP contribution in [0.25, 0.3) is 5.69 Å². The van der Waals surface area contributed by atoms with Crippen molar-refractivity contribution in [2.45, 2.75) is 20.3 Å². The van der Waals surface area contributed by atoms with Crippen LogP contribution >= 0.6 is 0 Å². The molecule has 1 amide bonds. The van der Waals surface area contributed by atoms with E-state index < -0.39 is 0 Å². The average Bonchev–Trinajstić information content (AvgIpc) is 3.32. The van der Waals surface area contributed by atoms with E-state index in [0.717, 1.165) is 16.9 Å². The van der Waals surface area contributed by atoms with E-state index in [2.05, 4.69) is 31.0 Å². The molecule has 2 heterocycles. The number of nitrogens with zero attached hydrogens (tertiary/aromatic N) is 5.